The van der Waals surface area contributed by atoms with Gasteiger partial charge in [-0.25, -0.2) is 10.3 Å². The van der Waals surface area contributed by atoms with Crippen molar-refractivity contribution < 1.29 is 14.8 Å². The topological polar surface area (TPSA) is 84.9 Å². The van der Waals surface area contributed by atoms with E-state index in [1.807, 2.05) is 48.2 Å². The highest BCUT2D eigenvalue weighted by atomic mass is 16.5. The average Bonchev–Trinajstić information content (AvgIpc) is 2.69. The summed E-state index contributed by atoms with van der Waals surface area (Å²) in [4.78, 5) is 28.5. The van der Waals surface area contributed by atoms with Gasteiger partial charge in [-0.2, -0.15) is 0 Å². The van der Waals surface area contributed by atoms with Gasteiger partial charge in [0.1, 0.15) is 0 Å². The van der Waals surface area contributed by atoms with Gasteiger partial charge in [-0.3, -0.25) is 14.9 Å². The quantitative estimate of drug-likeness (QED) is 0.547. The Hall–Kier alpha value is -2.90. The van der Waals surface area contributed by atoms with Crippen molar-refractivity contribution in [1.82, 2.24) is 15.3 Å². The Kier molecular flexibility index (Phi) is 6.51. The molecular formula is C22H28N4O3. The van der Waals surface area contributed by atoms with Crippen LogP contribution in [0, 0.1) is 6.92 Å². The third kappa shape index (κ3) is 4.93. The minimum atomic E-state index is -0.521. The number of nitrogens with zero attached hydrogens (tertiary/aromatic N) is 2. The number of hydroxylamine groups is 1. The smallest absolute Gasteiger partial charge is 0.317 e. The molecule has 154 valence electrons. The van der Waals surface area contributed by atoms with Crippen molar-refractivity contribution in [2.75, 3.05) is 18.4 Å². The Bertz CT molecular complexity index is 857. The van der Waals surface area contributed by atoms with E-state index in [-0.39, 0.29) is 18.1 Å². The van der Waals surface area contributed by atoms with Crippen LogP contribution in [-0.4, -0.2) is 52.1 Å². The van der Waals surface area contributed by atoms with E-state index in [1.54, 1.807) is 17.6 Å². The van der Waals surface area contributed by atoms with Gasteiger partial charge in [-0.05, 0) is 50.1 Å². The van der Waals surface area contributed by atoms with E-state index in [0.717, 1.165) is 36.4 Å². The summed E-state index contributed by atoms with van der Waals surface area (Å²) in [5.74, 6) is -0.521. The highest BCUT2D eigenvalue weighted by molar-refractivity contribution is 5.93. The number of piperazine rings is 1. The van der Waals surface area contributed by atoms with Crippen LogP contribution in [0.15, 0.2) is 48.5 Å². The van der Waals surface area contributed by atoms with Crippen molar-refractivity contribution in [2.24, 2.45) is 0 Å². The van der Waals surface area contributed by atoms with Gasteiger partial charge in [0.15, 0.2) is 0 Å². The monoisotopic (exact) mass is 396 g/mol. The minimum absolute atomic E-state index is 0.0710. The summed E-state index contributed by atoms with van der Waals surface area (Å²) in [7, 11) is 0. The maximum absolute atomic E-state index is 12.9. The van der Waals surface area contributed by atoms with Gasteiger partial charge in [0, 0.05) is 43.0 Å². The molecule has 3 rings (SSSR count). The van der Waals surface area contributed by atoms with Crippen LogP contribution < -0.4 is 10.8 Å². The van der Waals surface area contributed by atoms with Crippen LogP contribution in [0.25, 0.3) is 0 Å². The molecular weight excluding hydrogens is 368 g/mol. The standard InChI is InChI=1S/C22H28N4O3/c1-15-6-4-5-7-20(15)23-22(28)26-16(2)12-25(13-17(26)3)14-18-8-10-19(11-9-18)21(27)24-29/h4-11,16-17,29H,12-14H2,1-3H3,(H,23,28)(H,24,27)/t16-,17+. The fourth-order valence-corrected chi connectivity index (χ4v) is 3.94. The number of nitrogens with one attached hydrogen (secondary N) is 2. The van der Waals surface area contributed by atoms with Crippen LogP contribution in [0.4, 0.5) is 10.5 Å². The number of benzene rings is 2. The molecule has 2 atom stereocenters. The van der Waals surface area contributed by atoms with Gasteiger partial charge in [0.05, 0.1) is 0 Å². The molecule has 0 bridgehead atoms. The molecule has 3 N–H and O–H groups in total. The van der Waals surface area contributed by atoms with Gasteiger partial charge in [0.2, 0.25) is 0 Å². The zero-order valence-corrected chi connectivity index (χ0v) is 17.1. The molecule has 29 heavy (non-hydrogen) atoms. The van der Waals surface area contributed by atoms with Gasteiger partial charge in [0.25, 0.3) is 5.91 Å². The summed E-state index contributed by atoms with van der Waals surface area (Å²) in [6, 6.07) is 15.0. The minimum Gasteiger partial charge on any atom is -0.317 e. The first kappa shape index (κ1) is 20.8. The van der Waals surface area contributed by atoms with E-state index in [9.17, 15) is 9.59 Å². The van der Waals surface area contributed by atoms with Crippen molar-refractivity contribution in [1.29, 1.82) is 0 Å². The molecule has 7 nitrogen and oxygen atoms in total. The number of anilines is 1. The summed E-state index contributed by atoms with van der Waals surface area (Å²) in [6.07, 6.45) is 0. The van der Waals surface area contributed by atoms with E-state index in [2.05, 4.69) is 24.1 Å². The van der Waals surface area contributed by atoms with Crippen molar-refractivity contribution in [2.45, 2.75) is 39.4 Å². The van der Waals surface area contributed by atoms with E-state index in [0.29, 0.717) is 5.56 Å². The van der Waals surface area contributed by atoms with Crippen molar-refractivity contribution >= 4 is 17.6 Å². The predicted octanol–water partition coefficient (Wildman–Crippen LogP) is 3.24. The molecule has 0 saturated carbocycles. The summed E-state index contributed by atoms with van der Waals surface area (Å²) < 4.78 is 0. The first-order chi connectivity index (χ1) is 13.9. The third-order valence-corrected chi connectivity index (χ3v) is 5.34. The summed E-state index contributed by atoms with van der Waals surface area (Å²) in [5, 5.41) is 11.7. The molecule has 2 aromatic carbocycles. The van der Waals surface area contributed by atoms with Crippen LogP contribution in [0.5, 0.6) is 0 Å². The maximum atomic E-state index is 12.9. The molecule has 7 heteroatoms. The van der Waals surface area contributed by atoms with Gasteiger partial charge < -0.3 is 10.2 Å². The summed E-state index contributed by atoms with van der Waals surface area (Å²) in [6.45, 7) is 8.39. The van der Waals surface area contributed by atoms with Gasteiger partial charge in [-0.1, -0.05) is 30.3 Å². The Morgan fingerprint density at radius 2 is 1.66 bits per heavy atom. The molecule has 0 spiro atoms. The highest BCUT2D eigenvalue weighted by Crippen LogP contribution is 2.21. The maximum Gasteiger partial charge on any atom is 0.322 e. The number of para-hydroxylation sites is 1. The normalized spacial score (nSPS) is 19.7. The second-order valence-electron chi connectivity index (χ2n) is 7.68. The SMILES string of the molecule is Cc1ccccc1NC(=O)N1[C@H](C)CN(Cc2ccc(C(=O)NO)cc2)C[C@@H]1C. The number of hydrogen-bond acceptors (Lipinski definition) is 4. The average molecular weight is 396 g/mol. The number of rotatable bonds is 4. The number of carbonyl (C=O) groups is 2. The zero-order valence-electron chi connectivity index (χ0n) is 17.1. The lowest BCUT2D eigenvalue weighted by atomic mass is 10.1. The lowest BCUT2D eigenvalue weighted by molar-refractivity contribution is 0.0656. The molecule has 0 aliphatic carbocycles. The number of carbonyl (C=O) groups excluding carboxylic acids is 2. The van der Waals surface area contributed by atoms with E-state index in [4.69, 9.17) is 5.21 Å². The molecule has 0 unspecified atom stereocenters. The molecule has 0 aromatic heterocycles. The number of amides is 3. The number of urea groups is 1. The third-order valence-electron chi connectivity index (χ3n) is 5.34. The molecule has 2 aromatic rings. The van der Waals surface area contributed by atoms with Gasteiger partial charge >= 0.3 is 6.03 Å². The van der Waals surface area contributed by atoms with Crippen molar-refractivity contribution in [3.63, 3.8) is 0 Å². The van der Waals surface area contributed by atoms with Crippen LogP contribution in [0.1, 0.15) is 35.3 Å². The first-order valence-corrected chi connectivity index (χ1v) is 9.79. The fraction of sp³-hybridized carbons (Fsp3) is 0.364. The highest BCUT2D eigenvalue weighted by Gasteiger charge is 2.33. The summed E-state index contributed by atoms with van der Waals surface area (Å²) >= 11 is 0. The van der Waals surface area contributed by atoms with Crippen LogP contribution in [0.2, 0.25) is 0 Å². The van der Waals surface area contributed by atoms with Crippen LogP contribution in [0.3, 0.4) is 0 Å². The predicted molar refractivity (Wildman–Crippen MR) is 112 cm³/mol. The Balaban J connectivity index is 1.61. The number of hydrogen-bond donors (Lipinski definition) is 3. The molecule has 1 aliphatic rings. The molecule has 1 fully saturated rings. The molecule has 0 radical (unpaired) electrons. The second-order valence-corrected chi connectivity index (χ2v) is 7.68. The Morgan fingerprint density at radius 1 is 1.03 bits per heavy atom. The lowest BCUT2D eigenvalue weighted by Gasteiger charge is -2.44. The van der Waals surface area contributed by atoms with Crippen molar-refractivity contribution in [3.05, 3.63) is 65.2 Å². The largest absolute Gasteiger partial charge is 0.322 e. The molecule has 1 heterocycles. The fourth-order valence-electron chi connectivity index (χ4n) is 3.94. The summed E-state index contributed by atoms with van der Waals surface area (Å²) in [5.41, 5.74) is 5.01. The molecule has 1 saturated heterocycles. The van der Waals surface area contributed by atoms with E-state index < -0.39 is 5.91 Å². The first-order valence-electron chi connectivity index (χ1n) is 9.79. The lowest BCUT2D eigenvalue weighted by Crippen LogP contribution is -2.59. The molecule has 3 amide bonds. The van der Waals surface area contributed by atoms with Gasteiger partial charge in [-0.15, -0.1) is 0 Å². The molecule has 1 aliphatic heterocycles. The van der Waals surface area contributed by atoms with E-state index >= 15 is 0 Å². The van der Waals surface area contributed by atoms with Crippen LogP contribution >= 0.6 is 0 Å². The van der Waals surface area contributed by atoms with E-state index in [1.165, 1.54) is 0 Å². The Labute approximate surface area is 171 Å². The Morgan fingerprint density at radius 3 is 2.24 bits per heavy atom. The number of aryl methyl sites for hydroxylation is 1. The van der Waals surface area contributed by atoms with Crippen LogP contribution in [-0.2, 0) is 6.54 Å². The zero-order chi connectivity index (χ0) is 21.0. The van der Waals surface area contributed by atoms with Crippen molar-refractivity contribution in [3.8, 4) is 0 Å². The second kappa shape index (κ2) is 9.07.